The zero-order chi connectivity index (χ0) is 18.1. The van der Waals surface area contributed by atoms with Crippen molar-refractivity contribution in [2.45, 2.75) is 12.5 Å². The number of carbonyl (C=O) groups excluding carboxylic acids is 1. The molecule has 7 nitrogen and oxygen atoms in total. The molecule has 132 valence electrons. The number of amides is 1. The van der Waals surface area contributed by atoms with Crippen LogP contribution in [0.2, 0.25) is 0 Å². The van der Waals surface area contributed by atoms with E-state index in [1.165, 1.54) is 0 Å². The number of aryl methyl sites for hydroxylation is 1. The Kier molecular flexibility index (Phi) is 4.04. The molecule has 0 aliphatic carbocycles. The maximum atomic E-state index is 12.5. The van der Waals surface area contributed by atoms with Crippen molar-refractivity contribution in [2.75, 3.05) is 12.4 Å². The summed E-state index contributed by atoms with van der Waals surface area (Å²) in [5.41, 5.74) is 3.42. The Hall–Kier alpha value is -3.35. The number of nitrogens with one attached hydrogen (secondary N) is 1. The van der Waals surface area contributed by atoms with Gasteiger partial charge in [0.15, 0.2) is 0 Å². The first-order valence-electron chi connectivity index (χ1n) is 8.25. The molecular weight excluding hydrogens is 332 g/mol. The Morgan fingerprint density at radius 1 is 1.23 bits per heavy atom. The standard InChI is InChI=1S/C19H18N4O3/c1-23-16-6-4-3-5-14(16)20-19(23)21-18(24)17-11-15(22-26-17)12-7-9-13(25-2)10-8-12/h3-10,17H,11H2,1-2H3,(H,20,21,24). The number of carbonyl (C=O) groups is 1. The fraction of sp³-hybridized carbons (Fsp3) is 0.211. The summed E-state index contributed by atoms with van der Waals surface area (Å²) in [4.78, 5) is 22.3. The summed E-state index contributed by atoms with van der Waals surface area (Å²) in [6, 6.07) is 15.2. The van der Waals surface area contributed by atoms with E-state index in [9.17, 15) is 4.79 Å². The van der Waals surface area contributed by atoms with Crippen molar-refractivity contribution in [2.24, 2.45) is 12.2 Å². The average molecular weight is 350 g/mol. The summed E-state index contributed by atoms with van der Waals surface area (Å²) in [6.45, 7) is 0. The van der Waals surface area contributed by atoms with Crippen molar-refractivity contribution in [3.05, 3.63) is 54.1 Å². The average Bonchev–Trinajstić information content (AvgIpc) is 3.28. The van der Waals surface area contributed by atoms with Gasteiger partial charge < -0.3 is 14.1 Å². The van der Waals surface area contributed by atoms with E-state index in [2.05, 4.69) is 15.5 Å². The van der Waals surface area contributed by atoms with Crippen LogP contribution in [0.25, 0.3) is 11.0 Å². The number of nitrogens with zero attached hydrogens (tertiary/aromatic N) is 3. The number of hydrogen-bond acceptors (Lipinski definition) is 5. The second-order valence-electron chi connectivity index (χ2n) is 6.04. The van der Waals surface area contributed by atoms with Crippen LogP contribution in [-0.2, 0) is 16.7 Å². The zero-order valence-corrected chi connectivity index (χ0v) is 14.5. The molecule has 0 saturated carbocycles. The van der Waals surface area contributed by atoms with Gasteiger partial charge in [-0.05, 0) is 42.0 Å². The predicted molar refractivity (Wildman–Crippen MR) is 98.4 cm³/mol. The quantitative estimate of drug-likeness (QED) is 0.785. The molecule has 1 aliphatic rings. The monoisotopic (exact) mass is 350 g/mol. The van der Waals surface area contributed by atoms with Gasteiger partial charge in [0.1, 0.15) is 5.75 Å². The molecule has 1 atom stereocenters. The highest BCUT2D eigenvalue weighted by Crippen LogP contribution is 2.22. The number of methoxy groups -OCH3 is 1. The summed E-state index contributed by atoms with van der Waals surface area (Å²) >= 11 is 0. The van der Waals surface area contributed by atoms with Gasteiger partial charge in [0.2, 0.25) is 12.1 Å². The van der Waals surface area contributed by atoms with Crippen LogP contribution >= 0.6 is 0 Å². The topological polar surface area (TPSA) is 77.7 Å². The number of rotatable bonds is 4. The van der Waals surface area contributed by atoms with E-state index >= 15 is 0 Å². The first-order valence-corrected chi connectivity index (χ1v) is 8.25. The molecule has 0 radical (unpaired) electrons. The number of hydrogen-bond donors (Lipinski definition) is 1. The van der Waals surface area contributed by atoms with Crippen molar-refractivity contribution in [3.63, 3.8) is 0 Å². The van der Waals surface area contributed by atoms with E-state index in [1.807, 2.05) is 60.1 Å². The molecule has 2 heterocycles. The molecule has 4 rings (SSSR count). The Morgan fingerprint density at radius 2 is 2.00 bits per heavy atom. The van der Waals surface area contributed by atoms with Crippen LogP contribution in [-0.4, -0.2) is 34.4 Å². The first kappa shape index (κ1) is 16.1. The molecule has 3 aromatic rings. The van der Waals surface area contributed by atoms with Crippen molar-refractivity contribution in [3.8, 4) is 5.75 Å². The molecule has 2 aromatic carbocycles. The summed E-state index contributed by atoms with van der Waals surface area (Å²) < 4.78 is 6.99. The molecule has 0 saturated heterocycles. The smallest absolute Gasteiger partial charge is 0.271 e. The van der Waals surface area contributed by atoms with Crippen molar-refractivity contribution >= 4 is 28.6 Å². The second kappa shape index (κ2) is 6.51. The van der Waals surface area contributed by atoms with Crippen LogP contribution in [0.3, 0.4) is 0 Å². The third-order valence-corrected chi connectivity index (χ3v) is 4.41. The van der Waals surface area contributed by atoms with E-state index < -0.39 is 6.10 Å². The highest BCUT2D eigenvalue weighted by Gasteiger charge is 2.29. The zero-order valence-electron chi connectivity index (χ0n) is 14.5. The lowest BCUT2D eigenvalue weighted by atomic mass is 10.0. The van der Waals surface area contributed by atoms with Crippen LogP contribution < -0.4 is 10.1 Å². The summed E-state index contributed by atoms with van der Waals surface area (Å²) in [5.74, 6) is 0.984. The number of anilines is 1. The number of imidazole rings is 1. The van der Waals surface area contributed by atoms with Crippen molar-refractivity contribution < 1.29 is 14.4 Å². The molecule has 0 spiro atoms. The molecule has 1 amide bonds. The van der Waals surface area contributed by atoms with E-state index in [-0.39, 0.29) is 5.91 Å². The first-order chi connectivity index (χ1) is 12.7. The molecule has 1 unspecified atom stereocenters. The fourth-order valence-corrected chi connectivity index (χ4v) is 2.92. The Bertz CT molecular complexity index is 992. The molecule has 26 heavy (non-hydrogen) atoms. The third-order valence-electron chi connectivity index (χ3n) is 4.41. The normalized spacial score (nSPS) is 16.2. The Balaban J connectivity index is 1.45. The number of aromatic nitrogens is 2. The lowest BCUT2D eigenvalue weighted by Crippen LogP contribution is -2.29. The molecule has 1 aliphatic heterocycles. The van der Waals surface area contributed by atoms with Crippen molar-refractivity contribution in [1.82, 2.24) is 9.55 Å². The van der Waals surface area contributed by atoms with E-state index in [0.29, 0.717) is 12.4 Å². The maximum absolute atomic E-state index is 12.5. The van der Waals surface area contributed by atoms with Gasteiger partial charge in [-0.2, -0.15) is 0 Å². The molecule has 0 bridgehead atoms. The Morgan fingerprint density at radius 3 is 2.73 bits per heavy atom. The second-order valence-corrected chi connectivity index (χ2v) is 6.04. The largest absolute Gasteiger partial charge is 0.497 e. The van der Waals surface area contributed by atoms with Crippen LogP contribution in [0.5, 0.6) is 5.75 Å². The highest BCUT2D eigenvalue weighted by atomic mass is 16.6. The van der Waals surface area contributed by atoms with Crippen LogP contribution in [0.1, 0.15) is 12.0 Å². The maximum Gasteiger partial charge on any atom is 0.271 e. The predicted octanol–water partition coefficient (Wildman–Crippen LogP) is 2.71. The lowest BCUT2D eigenvalue weighted by molar-refractivity contribution is -0.125. The number of oxime groups is 1. The summed E-state index contributed by atoms with van der Waals surface area (Å²) in [5, 5.41) is 6.88. The molecular formula is C19H18N4O3. The molecule has 1 N–H and O–H groups in total. The van der Waals surface area contributed by atoms with E-state index in [4.69, 9.17) is 9.57 Å². The van der Waals surface area contributed by atoms with Gasteiger partial charge in [0.05, 0.1) is 23.9 Å². The van der Waals surface area contributed by atoms with Gasteiger partial charge in [-0.25, -0.2) is 4.98 Å². The summed E-state index contributed by atoms with van der Waals surface area (Å²) in [7, 11) is 3.48. The van der Waals surface area contributed by atoms with Crippen LogP contribution in [0.15, 0.2) is 53.7 Å². The molecule has 1 aromatic heterocycles. The number of benzene rings is 2. The van der Waals surface area contributed by atoms with Gasteiger partial charge in [-0.3, -0.25) is 10.1 Å². The fourth-order valence-electron chi connectivity index (χ4n) is 2.92. The molecule has 0 fully saturated rings. The lowest BCUT2D eigenvalue weighted by Gasteiger charge is -2.09. The Labute approximate surface area is 150 Å². The third kappa shape index (κ3) is 2.88. The van der Waals surface area contributed by atoms with Crippen molar-refractivity contribution in [1.29, 1.82) is 0 Å². The molecule has 7 heteroatoms. The van der Waals surface area contributed by atoms with E-state index in [1.54, 1.807) is 7.11 Å². The SMILES string of the molecule is COc1ccc(C2=NOC(C(=O)Nc3nc4ccccc4n3C)C2)cc1. The van der Waals surface area contributed by atoms with Crippen LogP contribution in [0, 0.1) is 0 Å². The minimum Gasteiger partial charge on any atom is -0.497 e. The minimum absolute atomic E-state index is 0.268. The van der Waals surface area contributed by atoms with Gasteiger partial charge in [0.25, 0.3) is 5.91 Å². The van der Waals surface area contributed by atoms with Gasteiger partial charge in [-0.15, -0.1) is 0 Å². The minimum atomic E-state index is -0.674. The van der Waals surface area contributed by atoms with Gasteiger partial charge >= 0.3 is 0 Å². The van der Waals surface area contributed by atoms with Gasteiger partial charge in [-0.1, -0.05) is 17.3 Å². The van der Waals surface area contributed by atoms with E-state index in [0.717, 1.165) is 28.1 Å². The number of ether oxygens (including phenoxy) is 1. The highest BCUT2D eigenvalue weighted by molar-refractivity contribution is 6.06. The van der Waals surface area contributed by atoms with Gasteiger partial charge in [0, 0.05) is 13.5 Å². The number of para-hydroxylation sites is 2. The number of fused-ring (bicyclic) bond motifs is 1. The van der Waals surface area contributed by atoms with Crippen LogP contribution in [0.4, 0.5) is 5.95 Å². The summed E-state index contributed by atoms with van der Waals surface area (Å²) in [6.07, 6.45) is -0.269.